The molecule has 112 valence electrons. The van der Waals surface area contributed by atoms with Crippen LogP contribution in [0.4, 0.5) is 0 Å². The van der Waals surface area contributed by atoms with Gasteiger partial charge in [0.05, 0.1) is 0 Å². The molecular weight excluding hydrogens is 292 g/mol. The zero-order valence-electron chi connectivity index (χ0n) is 12.4. The second-order valence-electron chi connectivity index (χ2n) is 5.17. The average Bonchev–Trinajstić information content (AvgIpc) is 2.95. The minimum Gasteiger partial charge on any atom is -0.360 e. The summed E-state index contributed by atoms with van der Waals surface area (Å²) in [4.78, 5) is 16.5. The molecule has 2 aromatic carbocycles. The van der Waals surface area contributed by atoms with Gasteiger partial charge in [-0.1, -0.05) is 35.9 Å². The second-order valence-corrected chi connectivity index (χ2v) is 6.31. The lowest BCUT2D eigenvalue weighted by molar-refractivity contribution is 0.0956. The molecule has 3 rings (SSSR count). The monoisotopic (exact) mass is 310 g/mol. The van der Waals surface area contributed by atoms with Crippen LogP contribution in [0.3, 0.4) is 0 Å². The number of carbonyl (C=O) groups is 1. The third-order valence-corrected chi connectivity index (χ3v) is 4.57. The van der Waals surface area contributed by atoms with Gasteiger partial charge >= 0.3 is 0 Å². The van der Waals surface area contributed by atoms with Crippen LogP contribution in [0.1, 0.15) is 15.9 Å². The number of H-pyrrole nitrogens is 1. The zero-order valence-corrected chi connectivity index (χ0v) is 13.2. The van der Waals surface area contributed by atoms with Crippen molar-refractivity contribution in [1.82, 2.24) is 10.3 Å². The third kappa shape index (κ3) is 3.34. The van der Waals surface area contributed by atoms with E-state index in [0.29, 0.717) is 12.1 Å². The van der Waals surface area contributed by atoms with Crippen molar-refractivity contribution in [2.24, 2.45) is 0 Å². The maximum Gasteiger partial charge on any atom is 0.251 e. The number of hydrogen-bond acceptors (Lipinski definition) is 2. The van der Waals surface area contributed by atoms with Crippen LogP contribution in [-0.2, 0) is 0 Å². The summed E-state index contributed by atoms with van der Waals surface area (Å²) in [5, 5.41) is 4.19. The summed E-state index contributed by atoms with van der Waals surface area (Å²) >= 11 is 1.75. The SMILES string of the molecule is Cc1ccc(C(=O)NCCSc2c[nH]c3ccccc23)cc1. The lowest BCUT2D eigenvalue weighted by Crippen LogP contribution is -2.25. The van der Waals surface area contributed by atoms with Crippen molar-refractivity contribution < 1.29 is 4.79 Å². The molecule has 0 unspecified atom stereocenters. The van der Waals surface area contributed by atoms with Crippen molar-refractivity contribution in [3.8, 4) is 0 Å². The van der Waals surface area contributed by atoms with E-state index >= 15 is 0 Å². The van der Waals surface area contributed by atoms with E-state index in [9.17, 15) is 4.79 Å². The van der Waals surface area contributed by atoms with Crippen LogP contribution in [0.2, 0.25) is 0 Å². The number of aromatic amines is 1. The number of carbonyl (C=O) groups excluding carboxylic acids is 1. The minimum atomic E-state index is -0.0143. The van der Waals surface area contributed by atoms with Gasteiger partial charge in [-0.15, -0.1) is 11.8 Å². The molecule has 0 fully saturated rings. The molecule has 3 aromatic rings. The summed E-state index contributed by atoms with van der Waals surface area (Å²) in [7, 11) is 0. The number of rotatable bonds is 5. The normalized spacial score (nSPS) is 10.8. The second kappa shape index (κ2) is 6.71. The fraction of sp³-hybridized carbons (Fsp3) is 0.167. The predicted molar refractivity (Wildman–Crippen MR) is 92.5 cm³/mol. The number of nitrogens with one attached hydrogen (secondary N) is 2. The van der Waals surface area contributed by atoms with Gasteiger partial charge < -0.3 is 10.3 Å². The number of fused-ring (bicyclic) bond motifs is 1. The van der Waals surface area contributed by atoms with Gasteiger partial charge in [0.2, 0.25) is 0 Å². The Morgan fingerprint density at radius 3 is 2.73 bits per heavy atom. The summed E-state index contributed by atoms with van der Waals surface area (Å²) in [5.41, 5.74) is 3.02. The van der Waals surface area contributed by atoms with Crippen molar-refractivity contribution in [3.63, 3.8) is 0 Å². The summed E-state index contributed by atoms with van der Waals surface area (Å²) in [6.45, 7) is 2.66. The van der Waals surface area contributed by atoms with Crippen LogP contribution in [0.15, 0.2) is 59.6 Å². The number of hydrogen-bond donors (Lipinski definition) is 2. The van der Waals surface area contributed by atoms with Gasteiger partial charge in [0.15, 0.2) is 0 Å². The van der Waals surface area contributed by atoms with Crippen molar-refractivity contribution in [2.45, 2.75) is 11.8 Å². The maximum absolute atomic E-state index is 12.0. The summed E-state index contributed by atoms with van der Waals surface area (Å²) < 4.78 is 0. The third-order valence-electron chi connectivity index (χ3n) is 3.51. The van der Waals surface area contributed by atoms with E-state index in [1.165, 1.54) is 10.3 Å². The zero-order chi connectivity index (χ0) is 15.4. The van der Waals surface area contributed by atoms with E-state index in [2.05, 4.69) is 22.4 Å². The first-order valence-corrected chi connectivity index (χ1v) is 8.26. The molecule has 22 heavy (non-hydrogen) atoms. The van der Waals surface area contributed by atoms with Gasteiger partial charge in [0.1, 0.15) is 0 Å². The Labute approximate surface area is 134 Å². The van der Waals surface area contributed by atoms with Crippen molar-refractivity contribution in [2.75, 3.05) is 12.3 Å². The van der Waals surface area contributed by atoms with E-state index in [-0.39, 0.29) is 5.91 Å². The molecule has 0 aliphatic heterocycles. The Bertz CT molecular complexity index is 777. The molecule has 1 amide bonds. The number of aromatic nitrogens is 1. The predicted octanol–water partition coefficient (Wildman–Crippen LogP) is 4.00. The molecule has 0 aliphatic carbocycles. The van der Waals surface area contributed by atoms with E-state index in [4.69, 9.17) is 0 Å². The molecule has 0 bridgehead atoms. The molecule has 0 atom stereocenters. The molecule has 1 heterocycles. The summed E-state index contributed by atoms with van der Waals surface area (Å²) in [5.74, 6) is 0.832. The van der Waals surface area contributed by atoms with E-state index < -0.39 is 0 Å². The Hall–Kier alpha value is -2.20. The Morgan fingerprint density at radius 1 is 1.14 bits per heavy atom. The molecule has 0 saturated carbocycles. The van der Waals surface area contributed by atoms with E-state index in [1.54, 1.807) is 11.8 Å². The summed E-state index contributed by atoms with van der Waals surface area (Å²) in [6.07, 6.45) is 2.02. The van der Waals surface area contributed by atoms with Gasteiger partial charge in [-0.25, -0.2) is 0 Å². The van der Waals surface area contributed by atoms with Gasteiger partial charge in [0.25, 0.3) is 5.91 Å². The van der Waals surface area contributed by atoms with Gasteiger partial charge in [-0.3, -0.25) is 4.79 Å². The Kier molecular flexibility index (Phi) is 4.49. The lowest BCUT2D eigenvalue weighted by Gasteiger charge is -2.05. The topological polar surface area (TPSA) is 44.9 Å². The highest BCUT2D eigenvalue weighted by Crippen LogP contribution is 2.27. The van der Waals surface area contributed by atoms with Crippen LogP contribution in [0, 0.1) is 6.92 Å². The first-order valence-electron chi connectivity index (χ1n) is 7.28. The fourth-order valence-corrected chi connectivity index (χ4v) is 3.20. The van der Waals surface area contributed by atoms with Gasteiger partial charge in [-0.2, -0.15) is 0 Å². The highest BCUT2D eigenvalue weighted by atomic mass is 32.2. The number of para-hydroxylation sites is 1. The standard InChI is InChI=1S/C18H18N2OS/c1-13-6-8-14(9-7-13)18(21)19-10-11-22-17-12-20-16-5-3-2-4-15(16)17/h2-9,12,20H,10-11H2,1H3,(H,19,21). The van der Waals surface area contributed by atoms with Crippen molar-refractivity contribution >= 4 is 28.6 Å². The molecule has 0 radical (unpaired) electrons. The summed E-state index contributed by atoms with van der Waals surface area (Å²) in [6, 6.07) is 15.9. The number of thioether (sulfide) groups is 1. The quantitative estimate of drug-likeness (QED) is 0.552. The molecule has 2 N–H and O–H groups in total. The Morgan fingerprint density at radius 2 is 1.91 bits per heavy atom. The number of benzene rings is 2. The molecule has 3 nitrogen and oxygen atoms in total. The molecule has 1 aromatic heterocycles. The molecule has 4 heteroatoms. The molecule has 0 spiro atoms. The van der Waals surface area contributed by atoms with Crippen LogP contribution >= 0.6 is 11.8 Å². The first kappa shape index (κ1) is 14.7. The molecular formula is C18H18N2OS. The molecule has 0 aliphatic rings. The van der Waals surface area contributed by atoms with Gasteiger partial charge in [-0.05, 0) is 25.1 Å². The van der Waals surface area contributed by atoms with E-state index in [1.807, 2.05) is 49.5 Å². The van der Waals surface area contributed by atoms with Crippen molar-refractivity contribution in [1.29, 1.82) is 0 Å². The van der Waals surface area contributed by atoms with Gasteiger partial charge in [0, 0.05) is 39.9 Å². The average molecular weight is 310 g/mol. The first-order chi connectivity index (χ1) is 10.7. The van der Waals surface area contributed by atoms with Crippen LogP contribution < -0.4 is 5.32 Å². The van der Waals surface area contributed by atoms with Crippen LogP contribution in [-0.4, -0.2) is 23.2 Å². The van der Waals surface area contributed by atoms with Crippen molar-refractivity contribution in [3.05, 3.63) is 65.9 Å². The van der Waals surface area contributed by atoms with Crippen LogP contribution in [0.25, 0.3) is 10.9 Å². The fourth-order valence-electron chi connectivity index (χ4n) is 2.30. The number of aryl methyl sites for hydroxylation is 1. The lowest BCUT2D eigenvalue weighted by atomic mass is 10.1. The van der Waals surface area contributed by atoms with Crippen LogP contribution in [0.5, 0.6) is 0 Å². The molecule has 0 saturated heterocycles. The highest BCUT2D eigenvalue weighted by Gasteiger charge is 2.06. The smallest absolute Gasteiger partial charge is 0.251 e. The maximum atomic E-state index is 12.0. The Balaban J connectivity index is 1.51. The largest absolute Gasteiger partial charge is 0.360 e. The minimum absolute atomic E-state index is 0.0143. The van der Waals surface area contributed by atoms with E-state index in [0.717, 1.165) is 16.8 Å². The number of amides is 1. The highest BCUT2D eigenvalue weighted by molar-refractivity contribution is 7.99.